The van der Waals surface area contributed by atoms with Gasteiger partial charge in [0.1, 0.15) is 6.04 Å². The zero-order chi connectivity index (χ0) is 19.8. The van der Waals surface area contributed by atoms with Crippen LogP contribution in [0, 0.1) is 6.92 Å². The maximum Gasteiger partial charge on any atom is 0.326 e. The number of rotatable bonds is 4. The Morgan fingerprint density at radius 1 is 1.19 bits per heavy atom. The summed E-state index contributed by atoms with van der Waals surface area (Å²) >= 11 is 0. The molecule has 7 nitrogen and oxygen atoms in total. The molecule has 0 fully saturated rings. The van der Waals surface area contributed by atoms with E-state index in [0.717, 1.165) is 9.87 Å². The molecule has 0 aliphatic carbocycles. The molecule has 2 aromatic rings. The molecule has 0 radical (unpaired) electrons. The third-order valence-electron chi connectivity index (χ3n) is 4.60. The highest BCUT2D eigenvalue weighted by Gasteiger charge is 2.40. The minimum Gasteiger partial charge on any atom is -0.480 e. The maximum absolute atomic E-state index is 13.2. The van der Waals surface area contributed by atoms with E-state index in [4.69, 9.17) is 0 Å². The lowest BCUT2D eigenvalue weighted by molar-refractivity contribution is -0.142. The van der Waals surface area contributed by atoms with Crippen LogP contribution in [0.5, 0.6) is 0 Å². The van der Waals surface area contributed by atoms with Crippen molar-refractivity contribution in [3.8, 4) is 0 Å². The molecule has 1 aliphatic rings. The summed E-state index contributed by atoms with van der Waals surface area (Å²) in [7, 11) is -4.07. The highest BCUT2D eigenvalue weighted by molar-refractivity contribution is 7.89. The van der Waals surface area contributed by atoms with Crippen LogP contribution in [0.25, 0.3) is 0 Å². The van der Waals surface area contributed by atoms with Gasteiger partial charge in [0.05, 0.1) is 4.90 Å². The number of carboxylic acids is 1. The van der Waals surface area contributed by atoms with Crippen LogP contribution in [0.15, 0.2) is 47.4 Å². The molecule has 8 heteroatoms. The molecule has 3 rings (SSSR count). The first-order chi connectivity index (χ1) is 12.7. The number of hydrogen-bond acceptors (Lipinski definition) is 4. The SMILES string of the molecule is CC(=O)Nc1cc(S(=O)(=O)N2CCc3ccccc3C2C(=O)O)ccc1C. The molecular formula is C19H20N2O5S. The van der Waals surface area contributed by atoms with Crippen LogP contribution in [-0.4, -0.2) is 36.3 Å². The Morgan fingerprint density at radius 3 is 2.56 bits per heavy atom. The first-order valence-electron chi connectivity index (χ1n) is 8.42. The Balaban J connectivity index is 2.07. The zero-order valence-electron chi connectivity index (χ0n) is 15.0. The van der Waals surface area contributed by atoms with Gasteiger partial charge < -0.3 is 10.4 Å². The molecule has 1 amide bonds. The normalized spacial score (nSPS) is 17.2. The Labute approximate surface area is 157 Å². The number of nitrogens with zero attached hydrogens (tertiary/aromatic N) is 1. The standard InChI is InChI=1S/C19H20N2O5S/c1-12-7-8-15(11-17(12)20-13(2)22)27(25,26)21-10-9-14-5-3-4-6-16(14)18(21)19(23)24/h3-8,11,18H,9-10H2,1-2H3,(H,20,22)(H,23,24). The molecule has 1 aliphatic heterocycles. The first kappa shape index (κ1) is 19.1. The van der Waals surface area contributed by atoms with E-state index in [1.165, 1.54) is 19.1 Å². The molecule has 1 atom stereocenters. The second-order valence-corrected chi connectivity index (χ2v) is 8.35. The van der Waals surface area contributed by atoms with Crippen molar-refractivity contribution < 1.29 is 23.1 Å². The Bertz CT molecular complexity index is 1020. The molecule has 0 saturated carbocycles. The van der Waals surface area contributed by atoms with Crippen LogP contribution in [-0.2, 0) is 26.0 Å². The monoisotopic (exact) mass is 388 g/mol. The summed E-state index contributed by atoms with van der Waals surface area (Å²) in [5, 5.41) is 12.3. The summed E-state index contributed by atoms with van der Waals surface area (Å²) in [6.45, 7) is 3.15. The molecule has 2 N–H and O–H groups in total. The van der Waals surface area contributed by atoms with Gasteiger partial charge in [0.15, 0.2) is 0 Å². The number of hydrogen-bond donors (Lipinski definition) is 2. The molecular weight excluding hydrogens is 368 g/mol. The van der Waals surface area contributed by atoms with Crippen molar-refractivity contribution in [1.82, 2.24) is 4.31 Å². The van der Waals surface area contributed by atoms with Crippen molar-refractivity contribution in [2.24, 2.45) is 0 Å². The second kappa shape index (κ2) is 7.13. The van der Waals surface area contributed by atoms with Gasteiger partial charge >= 0.3 is 5.97 Å². The van der Waals surface area contributed by atoms with Gasteiger partial charge in [-0.2, -0.15) is 4.31 Å². The number of sulfonamides is 1. The number of aliphatic carboxylic acids is 1. The van der Waals surface area contributed by atoms with Gasteiger partial charge in [-0.15, -0.1) is 0 Å². The fourth-order valence-corrected chi connectivity index (χ4v) is 4.87. The van der Waals surface area contributed by atoms with Crippen LogP contribution in [0.1, 0.15) is 29.7 Å². The summed E-state index contributed by atoms with van der Waals surface area (Å²) < 4.78 is 27.4. The van der Waals surface area contributed by atoms with Gasteiger partial charge in [-0.3, -0.25) is 9.59 Å². The first-order valence-corrected chi connectivity index (χ1v) is 9.86. The Morgan fingerprint density at radius 2 is 1.89 bits per heavy atom. The molecule has 0 spiro atoms. The van der Waals surface area contributed by atoms with E-state index in [1.807, 2.05) is 12.1 Å². The maximum atomic E-state index is 13.2. The smallest absolute Gasteiger partial charge is 0.326 e. The fraction of sp³-hybridized carbons (Fsp3) is 0.263. The van der Waals surface area contributed by atoms with Gasteiger partial charge in [0, 0.05) is 19.2 Å². The van der Waals surface area contributed by atoms with Crippen molar-refractivity contribution in [2.75, 3.05) is 11.9 Å². The van der Waals surface area contributed by atoms with E-state index in [0.29, 0.717) is 23.2 Å². The minimum absolute atomic E-state index is 0.0533. The van der Waals surface area contributed by atoms with Gasteiger partial charge in [-0.25, -0.2) is 8.42 Å². The number of fused-ring (bicyclic) bond motifs is 1. The van der Waals surface area contributed by atoms with E-state index >= 15 is 0 Å². The average Bonchev–Trinajstić information content (AvgIpc) is 2.61. The molecule has 142 valence electrons. The van der Waals surface area contributed by atoms with E-state index in [1.54, 1.807) is 25.1 Å². The summed E-state index contributed by atoms with van der Waals surface area (Å²) in [6, 6.07) is 10.1. The Kier molecular flexibility index (Phi) is 5.03. The van der Waals surface area contributed by atoms with Gasteiger partial charge in [0.2, 0.25) is 15.9 Å². The van der Waals surface area contributed by atoms with Crippen molar-refractivity contribution >= 4 is 27.6 Å². The lowest BCUT2D eigenvalue weighted by Crippen LogP contribution is -2.43. The highest BCUT2D eigenvalue weighted by atomic mass is 32.2. The molecule has 1 heterocycles. The van der Waals surface area contributed by atoms with Gasteiger partial charge in [0.25, 0.3) is 0 Å². The molecule has 0 aromatic heterocycles. The number of carboxylic acid groups (broad SMARTS) is 1. The number of aryl methyl sites for hydroxylation is 1. The second-order valence-electron chi connectivity index (χ2n) is 6.46. The number of nitrogens with one attached hydrogen (secondary N) is 1. The minimum atomic E-state index is -4.07. The molecule has 1 unspecified atom stereocenters. The Hall–Kier alpha value is -2.71. The van der Waals surface area contributed by atoms with E-state index < -0.39 is 22.0 Å². The average molecular weight is 388 g/mol. The number of carbonyl (C=O) groups is 2. The molecule has 27 heavy (non-hydrogen) atoms. The zero-order valence-corrected chi connectivity index (χ0v) is 15.8. The van der Waals surface area contributed by atoms with Gasteiger partial charge in [-0.05, 0) is 42.2 Å². The quantitative estimate of drug-likeness (QED) is 0.837. The van der Waals surface area contributed by atoms with Crippen LogP contribution >= 0.6 is 0 Å². The number of benzene rings is 2. The van der Waals surface area contributed by atoms with Crippen molar-refractivity contribution in [3.63, 3.8) is 0 Å². The molecule has 0 saturated heterocycles. The van der Waals surface area contributed by atoms with Crippen LogP contribution < -0.4 is 5.32 Å². The lowest BCUT2D eigenvalue weighted by Gasteiger charge is -2.33. The van der Waals surface area contributed by atoms with Crippen molar-refractivity contribution in [1.29, 1.82) is 0 Å². The van der Waals surface area contributed by atoms with Crippen molar-refractivity contribution in [3.05, 3.63) is 59.2 Å². The number of anilines is 1. The van der Waals surface area contributed by atoms with Crippen molar-refractivity contribution in [2.45, 2.75) is 31.2 Å². The third-order valence-corrected chi connectivity index (χ3v) is 6.46. The summed E-state index contributed by atoms with van der Waals surface area (Å²) in [5.74, 6) is -1.54. The van der Waals surface area contributed by atoms with Crippen LogP contribution in [0.4, 0.5) is 5.69 Å². The lowest BCUT2D eigenvalue weighted by atomic mass is 9.94. The summed E-state index contributed by atoms with van der Waals surface area (Å²) in [6.07, 6.45) is 0.434. The topological polar surface area (TPSA) is 104 Å². The van der Waals surface area contributed by atoms with Crippen LogP contribution in [0.2, 0.25) is 0 Å². The third kappa shape index (κ3) is 3.58. The highest BCUT2D eigenvalue weighted by Crippen LogP contribution is 2.35. The number of carbonyl (C=O) groups excluding carboxylic acids is 1. The van der Waals surface area contributed by atoms with E-state index in [2.05, 4.69) is 5.32 Å². The number of amides is 1. The summed E-state index contributed by atoms with van der Waals surface area (Å²) in [4.78, 5) is 23.2. The predicted molar refractivity (Wildman–Crippen MR) is 99.9 cm³/mol. The van der Waals surface area contributed by atoms with Gasteiger partial charge in [-0.1, -0.05) is 30.3 Å². The molecule has 2 aromatic carbocycles. The largest absolute Gasteiger partial charge is 0.480 e. The fourth-order valence-electron chi connectivity index (χ4n) is 3.28. The predicted octanol–water partition coefficient (Wildman–Crippen LogP) is 2.33. The van der Waals surface area contributed by atoms with Crippen LogP contribution in [0.3, 0.4) is 0 Å². The summed E-state index contributed by atoms with van der Waals surface area (Å²) in [5.41, 5.74) is 2.41. The van der Waals surface area contributed by atoms with E-state index in [9.17, 15) is 23.1 Å². The molecule has 0 bridgehead atoms. The van der Waals surface area contributed by atoms with E-state index in [-0.39, 0.29) is 17.3 Å².